The third-order valence-corrected chi connectivity index (χ3v) is 3.56. The molecule has 3 rings (SSSR count). The molecular formula is C14H9BrClN3O. The molecular weight excluding hydrogens is 342 g/mol. The van der Waals surface area contributed by atoms with Crippen LogP contribution in [0.1, 0.15) is 5.56 Å². The molecule has 0 fully saturated rings. The lowest BCUT2D eigenvalue weighted by Gasteiger charge is -2.06. The molecule has 4 nitrogen and oxygen atoms in total. The van der Waals surface area contributed by atoms with Crippen molar-refractivity contribution < 1.29 is 0 Å². The summed E-state index contributed by atoms with van der Waals surface area (Å²) in [7, 11) is 0. The average Bonchev–Trinajstić information content (AvgIpc) is 2.43. The number of aromatic nitrogens is 3. The van der Waals surface area contributed by atoms with Crippen molar-refractivity contribution in [2.45, 2.75) is 6.54 Å². The van der Waals surface area contributed by atoms with E-state index in [2.05, 4.69) is 26.0 Å². The smallest absolute Gasteiger partial charge is 0.265 e. The highest BCUT2D eigenvalue weighted by molar-refractivity contribution is 9.10. The van der Waals surface area contributed by atoms with Gasteiger partial charge in [0, 0.05) is 10.4 Å². The Morgan fingerprint density at radius 3 is 2.90 bits per heavy atom. The Hall–Kier alpha value is -1.72. The largest absolute Gasteiger partial charge is 0.293 e. The molecule has 0 spiro atoms. The molecule has 0 atom stereocenters. The zero-order valence-corrected chi connectivity index (χ0v) is 12.6. The average molecular weight is 351 g/mol. The summed E-state index contributed by atoms with van der Waals surface area (Å²) < 4.78 is 2.01. The standard InChI is InChI=1S/C14H9BrClN3O/c15-12-5-4-10-7-17-19(14(20)13(10)18-12)8-9-2-1-3-11(16)6-9/h1-7H,8H2. The molecule has 6 heteroatoms. The molecule has 0 saturated heterocycles. The van der Waals surface area contributed by atoms with Crippen LogP contribution in [0, 0.1) is 0 Å². The molecule has 0 bridgehead atoms. The summed E-state index contributed by atoms with van der Waals surface area (Å²) in [5.74, 6) is 0. The SMILES string of the molecule is O=c1c2nc(Br)ccc2cnn1Cc1cccc(Cl)c1. The van der Waals surface area contributed by atoms with Crippen molar-refractivity contribution in [1.29, 1.82) is 0 Å². The molecule has 0 radical (unpaired) electrons. The summed E-state index contributed by atoms with van der Waals surface area (Å²) in [6, 6.07) is 10.9. The van der Waals surface area contributed by atoms with Gasteiger partial charge in [0.05, 0.1) is 12.7 Å². The Kier molecular flexibility index (Phi) is 3.54. The van der Waals surface area contributed by atoms with Crippen molar-refractivity contribution in [1.82, 2.24) is 14.8 Å². The van der Waals surface area contributed by atoms with Gasteiger partial charge in [-0.3, -0.25) is 4.79 Å². The molecule has 2 aromatic heterocycles. The fourth-order valence-corrected chi connectivity index (χ4v) is 2.47. The van der Waals surface area contributed by atoms with E-state index in [0.717, 1.165) is 10.9 Å². The zero-order chi connectivity index (χ0) is 14.1. The van der Waals surface area contributed by atoms with Crippen molar-refractivity contribution >= 4 is 38.4 Å². The highest BCUT2D eigenvalue weighted by Gasteiger charge is 2.07. The first-order chi connectivity index (χ1) is 9.63. The lowest BCUT2D eigenvalue weighted by atomic mass is 10.2. The van der Waals surface area contributed by atoms with Crippen LogP contribution in [0.4, 0.5) is 0 Å². The third kappa shape index (κ3) is 2.59. The maximum Gasteiger partial charge on any atom is 0.293 e. The highest BCUT2D eigenvalue weighted by Crippen LogP contribution is 2.13. The van der Waals surface area contributed by atoms with Crippen LogP contribution in [-0.4, -0.2) is 14.8 Å². The monoisotopic (exact) mass is 349 g/mol. The van der Waals surface area contributed by atoms with Crippen molar-refractivity contribution in [3.63, 3.8) is 0 Å². The maximum atomic E-state index is 12.4. The van der Waals surface area contributed by atoms with E-state index >= 15 is 0 Å². The summed E-state index contributed by atoms with van der Waals surface area (Å²) in [6.07, 6.45) is 1.64. The highest BCUT2D eigenvalue weighted by atomic mass is 79.9. The Morgan fingerprint density at radius 1 is 1.25 bits per heavy atom. The Morgan fingerprint density at radius 2 is 2.10 bits per heavy atom. The number of halogens is 2. The van der Waals surface area contributed by atoms with Gasteiger partial charge in [-0.15, -0.1) is 0 Å². The van der Waals surface area contributed by atoms with Crippen LogP contribution >= 0.6 is 27.5 Å². The predicted molar refractivity (Wildman–Crippen MR) is 82.1 cm³/mol. The molecule has 3 aromatic rings. The number of pyridine rings is 1. The lowest BCUT2D eigenvalue weighted by Crippen LogP contribution is -2.24. The Balaban J connectivity index is 2.08. The van der Waals surface area contributed by atoms with Crippen LogP contribution in [0.3, 0.4) is 0 Å². The maximum absolute atomic E-state index is 12.4. The van der Waals surface area contributed by atoms with Crippen LogP contribution in [0.5, 0.6) is 0 Å². The van der Waals surface area contributed by atoms with E-state index in [1.54, 1.807) is 18.3 Å². The van der Waals surface area contributed by atoms with Gasteiger partial charge in [-0.05, 0) is 45.8 Å². The molecule has 0 aliphatic heterocycles. The lowest BCUT2D eigenvalue weighted by molar-refractivity contribution is 0.646. The van der Waals surface area contributed by atoms with E-state index in [-0.39, 0.29) is 5.56 Å². The molecule has 0 aliphatic carbocycles. The van der Waals surface area contributed by atoms with Gasteiger partial charge < -0.3 is 0 Å². The number of benzene rings is 1. The van der Waals surface area contributed by atoms with E-state index in [0.29, 0.717) is 21.7 Å². The summed E-state index contributed by atoms with van der Waals surface area (Å²) in [4.78, 5) is 16.6. The molecule has 1 aromatic carbocycles. The van der Waals surface area contributed by atoms with Crippen molar-refractivity contribution in [2.24, 2.45) is 0 Å². The summed E-state index contributed by atoms with van der Waals surface area (Å²) in [5, 5.41) is 5.53. The number of fused-ring (bicyclic) bond motifs is 1. The number of hydrogen-bond acceptors (Lipinski definition) is 3. The molecule has 0 aliphatic rings. The van der Waals surface area contributed by atoms with Crippen LogP contribution in [0.2, 0.25) is 5.02 Å². The fraction of sp³-hybridized carbons (Fsp3) is 0.0714. The van der Waals surface area contributed by atoms with Gasteiger partial charge >= 0.3 is 0 Å². The fourth-order valence-electron chi connectivity index (χ4n) is 1.95. The minimum absolute atomic E-state index is 0.219. The molecule has 0 saturated carbocycles. The minimum Gasteiger partial charge on any atom is -0.265 e. The summed E-state index contributed by atoms with van der Waals surface area (Å²) in [6.45, 7) is 0.365. The number of rotatable bonds is 2. The van der Waals surface area contributed by atoms with Gasteiger partial charge in [0.25, 0.3) is 5.56 Å². The molecule has 100 valence electrons. The van der Waals surface area contributed by atoms with Crippen molar-refractivity contribution in [3.8, 4) is 0 Å². The molecule has 0 N–H and O–H groups in total. The van der Waals surface area contributed by atoms with E-state index in [1.807, 2.05) is 24.3 Å². The van der Waals surface area contributed by atoms with Gasteiger partial charge in [-0.25, -0.2) is 9.67 Å². The first kappa shape index (κ1) is 13.3. The normalized spacial score (nSPS) is 10.9. The second-order valence-corrected chi connectivity index (χ2v) is 5.56. The van der Waals surface area contributed by atoms with E-state index < -0.39 is 0 Å². The Labute approximate surface area is 128 Å². The second kappa shape index (κ2) is 5.34. The van der Waals surface area contributed by atoms with Gasteiger partial charge in [-0.2, -0.15) is 5.10 Å². The van der Waals surface area contributed by atoms with Gasteiger partial charge in [0.1, 0.15) is 10.1 Å². The molecule has 0 unspecified atom stereocenters. The molecule has 0 amide bonds. The van der Waals surface area contributed by atoms with Crippen LogP contribution in [0.25, 0.3) is 10.9 Å². The van der Waals surface area contributed by atoms with Crippen molar-refractivity contribution in [2.75, 3.05) is 0 Å². The summed E-state index contributed by atoms with van der Waals surface area (Å²) >= 11 is 9.21. The van der Waals surface area contributed by atoms with Crippen LogP contribution in [-0.2, 0) is 6.54 Å². The topological polar surface area (TPSA) is 47.8 Å². The first-order valence-electron chi connectivity index (χ1n) is 5.90. The third-order valence-electron chi connectivity index (χ3n) is 2.89. The van der Waals surface area contributed by atoms with Gasteiger partial charge in [0.2, 0.25) is 0 Å². The number of nitrogens with zero attached hydrogens (tertiary/aromatic N) is 3. The first-order valence-corrected chi connectivity index (χ1v) is 7.07. The van der Waals surface area contributed by atoms with Crippen LogP contribution < -0.4 is 5.56 Å². The second-order valence-electron chi connectivity index (χ2n) is 4.31. The van der Waals surface area contributed by atoms with Crippen LogP contribution in [0.15, 0.2) is 52.0 Å². The molecule has 2 heterocycles. The number of hydrogen-bond donors (Lipinski definition) is 0. The van der Waals surface area contributed by atoms with E-state index in [4.69, 9.17) is 11.6 Å². The quantitative estimate of drug-likeness (QED) is 0.667. The minimum atomic E-state index is -0.219. The van der Waals surface area contributed by atoms with E-state index in [9.17, 15) is 4.79 Å². The zero-order valence-electron chi connectivity index (χ0n) is 10.3. The van der Waals surface area contributed by atoms with Gasteiger partial charge in [-0.1, -0.05) is 23.7 Å². The van der Waals surface area contributed by atoms with Crippen molar-refractivity contribution in [3.05, 3.63) is 68.1 Å². The molecule has 20 heavy (non-hydrogen) atoms. The van der Waals surface area contributed by atoms with E-state index in [1.165, 1.54) is 4.68 Å². The summed E-state index contributed by atoms with van der Waals surface area (Å²) in [5.41, 5.74) is 1.10. The predicted octanol–water partition coefficient (Wildman–Crippen LogP) is 3.26. The van der Waals surface area contributed by atoms with Gasteiger partial charge in [0.15, 0.2) is 0 Å². The Bertz CT molecular complexity index is 847.